The molecule has 0 atom stereocenters. The molecule has 100 valence electrons. The lowest BCUT2D eigenvalue weighted by atomic mass is 9.82. The minimum atomic E-state index is -0.413. The largest absolute Gasteiger partial charge is 0.514 e. The Morgan fingerprint density at radius 1 is 1.16 bits per heavy atom. The zero-order valence-corrected chi connectivity index (χ0v) is 13.0. The van der Waals surface area contributed by atoms with Crippen molar-refractivity contribution in [3.8, 4) is 0 Å². The first-order chi connectivity index (χ1) is 8.80. The van der Waals surface area contributed by atoms with E-state index >= 15 is 0 Å². The van der Waals surface area contributed by atoms with Crippen molar-refractivity contribution in [3.05, 3.63) is 22.7 Å². The van der Waals surface area contributed by atoms with Crippen molar-refractivity contribution < 1.29 is 9.31 Å². The molecule has 0 spiro atoms. The minimum Gasteiger partial charge on any atom is -0.398 e. The summed E-state index contributed by atoms with van der Waals surface area (Å²) >= 11 is 3.48. The Balaban J connectivity index is 2.05. The third kappa shape index (κ3) is 2.02. The maximum Gasteiger partial charge on any atom is 0.514 e. The maximum absolute atomic E-state index is 6.05. The van der Waals surface area contributed by atoms with Gasteiger partial charge in [0.25, 0.3) is 0 Å². The summed E-state index contributed by atoms with van der Waals surface area (Å²) < 4.78 is 13.1. The summed E-state index contributed by atoms with van der Waals surface area (Å²) in [6, 6.07) is 5.96. The van der Waals surface area contributed by atoms with E-state index in [0.29, 0.717) is 0 Å². The molecule has 0 bridgehead atoms. The maximum atomic E-state index is 6.05. The van der Waals surface area contributed by atoms with E-state index in [1.807, 2.05) is 45.9 Å². The Hall–Kier alpha value is -0.845. The zero-order chi connectivity index (χ0) is 13.8. The van der Waals surface area contributed by atoms with Crippen LogP contribution in [-0.4, -0.2) is 28.5 Å². The van der Waals surface area contributed by atoms with Crippen molar-refractivity contribution in [2.24, 2.45) is 0 Å². The number of hydrogen-bond donors (Lipinski definition) is 1. The molecule has 1 aromatic carbocycles. The zero-order valence-electron chi connectivity index (χ0n) is 11.5. The van der Waals surface area contributed by atoms with Crippen molar-refractivity contribution >= 4 is 39.5 Å². The molecular weight excluding hydrogens is 307 g/mol. The van der Waals surface area contributed by atoms with E-state index in [2.05, 4.69) is 26.1 Å². The number of halogens is 1. The van der Waals surface area contributed by atoms with Gasteiger partial charge in [-0.15, -0.1) is 0 Å². The van der Waals surface area contributed by atoms with E-state index in [4.69, 9.17) is 9.31 Å². The molecule has 0 amide bonds. The minimum absolute atomic E-state index is 0.346. The van der Waals surface area contributed by atoms with Gasteiger partial charge >= 0.3 is 7.12 Å². The molecule has 0 saturated carbocycles. The summed E-state index contributed by atoms with van der Waals surface area (Å²) in [4.78, 5) is 0. The summed E-state index contributed by atoms with van der Waals surface area (Å²) in [7, 11) is -0.413. The molecule has 6 heteroatoms. The molecule has 1 aliphatic rings. The van der Waals surface area contributed by atoms with Crippen molar-refractivity contribution in [1.29, 1.82) is 0 Å². The molecule has 1 aromatic heterocycles. The van der Waals surface area contributed by atoms with Crippen molar-refractivity contribution in [2.75, 3.05) is 0 Å². The first kappa shape index (κ1) is 13.2. The average Bonchev–Trinajstić information content (AvgIpc) is 2.77. The number of nitrogens with zero attached hydrogens (tertiary/aromatic N) is 1. The number of benzene rings is 1. The summed E-state index contributed by atoms with van der Waals surface area (Å²) in [6.45, 7) is 8.17. The van der Waals surface area contributed by atoms with Gasteiger partial charge in [0.1, 0.15) is 0 Å². The number of H-pyrrole nitrogens is 1. The molecule has 1 N–H and O–H groups in total. The van der Waals surface area contributed by atoms with Crippen LogP contribution in [0.1, 0.15) is 27.7 Å². The highest BCUT2D eigenvalue weighted by atomic mass is 79.9. The molecule has 0 radical (unpaired) electrons. The Morgan fingerprint density at radius 3 is 2.42 bits per heavy atom. The number of aromatic amines is 1. The second-order valence-corrected chi connectivity index (χ2v) is 6.80. The van der Waals surface area contributed by atoms with Gasteiger partial charge in [0.05, 0.1) is 22.3 Å². The fraction of sp³-hybridized carbons (Fsp3) is 0.462. The van der Waals surface area contributed by atoms with Gasteiger partial charge in [-0.25, -0.2) is 0 Å². The van der Waals surface area contributed by atoms with Crippen LogP contribution in [0.2, 0.25) is 0 Å². The monoisotopic (exact) mass is 322 g/mol. The second kappa shape index (κ2) is 4.07. The topological polar surface area (TPSA) is 47.1 Å². The van der Waals surface area contributed by atoms with Gasteiger partial charge in [0.15, 0.2) is 0 Å². The molecular formula is C13H16BBrN2O2. The van der Waals surface area contributed by atoms with Crippen molar-refractivity contribution in [2.45, 2.75) is 38.9 Å². The predicted molar refractivity (Wildman–Crippen MR) is 79.5 cm³/mol. The highest BCUT2D eigenvalue weighted by Gasteiger charge is 2.52. The normalized spacial score (nSPS) is 21.2. The van der Waals surface area contributed by atoms with Crippen LogP contribution in [0.4, 0.5) is 0 Å². The van der Waals surface area contributed by atoms with Crippen LogP contribution in [0.5, 0.6) is 0 Å². The molecule has 1 fully saturated rings. The summed E-state index contributed by atoms with van der Waals surface area (Å²) in [5, 5.41) is 8.35. The molecule has 2 aromatic rings. The van der Waals surface area contributed by atoms with Gasteiger partial charge in [0.2, 0.25) is 0 Å². The van der Waals surface area contributed by atoms with Gasteiger partial charge in [-0.05, 0) is 45.9 Å². The number of rotatable bonds is 1. The standard InChI is InChI=1S/C13H16BBrN2O2/c1-12(2)13(3,4)19-14(18-12)11-9-7-8(15)5-6-10(9)16-17-11/h5-7H,1-4H3,(H,16,17). The van der Waals surface area contributed by atoms with Crippen molar-refractivity contribution in [1.82, 2.24) is 10.2 Å². The molecule has 19 heavy (non-hydrogen) atoms. The molecule has 1 saturated heterocycles. The quantitative estimate of drug-likeness (QED) is 0.821. The Kier molecular flexibility index (Phi) is 2.82. The lowest BCUT2D eigenvalue weighted by Gasteiger charge is -2.32. The fourth-order valence-corrected chi connectivity index (χ4v) is 2.50. The van der Waals surface area contributed by atoms with E-state index in [9.17, 15) is 0 Å². The van der Waals surface area contributed by atoms with Gasteiger partial charge in [-0.3, -0.25) is 5.10 Å². The Morgan fingerprint density at radius 2 is 1.79 bits per heavy atom. The SMILES string of the molecule is CC1(C)OB(c2[nH]nc3ccc(Br)cc23)OC1(C)C. The number of nitrogens with one attached hydrogen (secondary N) is 1. The molecule has 1 aliphatic heterocycles. The first-order valence-electron chi connectivity index (χ1n) is 6.29. The van der Waals surface area contributed by atoms with Crippen LogP contribution < -0.4 is 5.59 Å². The highest BCUT2D eigenvalue weighted by Crippen LogP contribution is 2.36. The van der Waals surface area contributed by atoms with Gasteiger partial charge in [-0.2, -0.15) is 5.10 Å². The lowest BCUT2D eigenvalue weighted by Crippen LogP contribution is -2.41. The summed E-state index contributed by atoms with van der Waals surface area (Å²) in [6.07, 6.45) is 0. The van der Waals surface area contributed by atoms with Crippen LogP contribution in [0.25, 0.3) is 10.9 Å². The van der Waals surface area contributed by atoms with E-state index < -0.39 is 7.12 Å². The van der Waals surface area contributed by atoms with Gasteiger partial charge < -0.3 is 9.31 Å². The van der Waals surface area contributed by atoms with Crippen molar-refractivity contribution in [3.63, 3.8) is 0 Å². The van der Waals surface area contributed by atoms with E-state index in [-0.39, 0.29) is 11.2 Å². The summed E-state index contributed by atoms with van der Waals surface area (Å²) in [5.41, 5.74) is 1.09. The van der Waals surface area contributed by atoms with Crippen LogP contribution >= 0.6 is 15.9 Å². The molecule has 2 heterocycles. The lowest BCUT2D eigenvalue weighted by molar-refractivity contribution is 0.00578. The van der Waals surface area contributed by atoms with Crippen LogP contribution in [-0.2, 0) is 9.31 Å². The number of hydrogen-bond acceptors (Lipinski definition) is 3. The van der Waals surface area contributed by atoms with Gasteiger partial charge in [0, 0.05) is 9.86 Å². The predicted octanol–water partition coefficient (Wildman–Crippen LogP) is 2.62. The van der Waals surface area contributed by atoms with Gasteiger partial charge in [-0.1, -0.05) is 15.9 Å². The molecule has 4 nitrogen and oxygen atoms in total. The number of aromatic nitrogens is 2. The summed E-state index contributed by atoms with van der Waals surface area (Å²) in [5.74, 6) is 0. The number of fused-ring (bicyclic) bond motifs is 1. The van der Waals surface area contributed by atoms with E-state index in [1.54, 1.807) is 0 Å². The Labute approximate surface area is 121 Å². The highest BCUT2D eigenvalue weighted by molar-refractivity contribution is 9.10. The third-order valence-corrected chi connectivity index (χ3v) is 4.53. The molecule has 0 unspecified atom stereocenters. The average molecular weight is 323 g/mol. The van der Waals surface area contributed by atoms with Crippen LogP contribution in [0.3, 0.4) is 0 Å². The van der Waals surface area contributed by atoms with Crippen LogP contribution in [0.15, 0.2) is 22.7 Å². The third-order valence-electron chi connectivity index (χ3n) is 4.03. The van der Waals surface area contributed by atoms with E-state index in [0.717, 1.165) is 21.0 Å². The molecule has 3 rings (SSSR count). The van der Waals surface area contributed by atoms with E-state index in [1.165, 1.54) is 0 Å². The first-order valence-corrected chi connectivity index (χ1v) is 7.09. The molecule has 0 aliphatic carbocycles. The van der Waals surface area contributed by atoms with Crippen LogP contribution in [0, 0.1) is 0 Å². The smallest absolute Gasteiger partial charge is 0.398 e. The second-order valence-electron chi connectivity index (χ2n) is 5.89. The fourth-order valence-electron chi connectivity index (χ4n) is 2.14. The Bertz CT molecular complexity index is 623.